The molecule has 0 saturated carbocycles. The maximum Gasteiger partial charge on any atom is 0.254 e. The SMILES string of the molecule is COc1cc(CCC(=O)Nc2c(C)nn(C)c2C)on1. The van der Waals surface area contributed by atoms with Gasteiger partial charge in [0.1, 0.15) is 5.76 Å². The van der Waals surface area contributed by atoms with Crippen LogP contribution in [0.15, 0.2) is 10.6 Å². The molecule has 7 nitrogen and oxygen atoms in total. The molecule has 1 N–H and O–H groups in total. The van der Waals surface area contributed by atoms with Gasteiger partial charge < -0.3 is 14.6 Å². The van der Waals surface area contributed by atoms with Gasteiger partial charge in [-0.25, -0.2) is 0 Å². The number of carbonyl (C=O) groups excluding carboxylic acids is 1. The summed E-state index contributed by atoms with van der Waals surface area (Å²) in [4.78, 5) is 11.9. The second-order valence-corrected chi connectivity index (χ2v) is 4.55. The molecule has 108 valence electrons. The first-order chi connectivity index (χ1) is 9.51. The molecular formula is C13H18N4O3. The van der Waals surface area contributed by atoms with Crippen LogP contribution in [0.1, 0.15) is 23.6 Å². The molecule has 0 aliphatic carbocycles. The Morgan fingerprint density at radius 1 is 1.50 bits per heavy atom. The lowest BCUT2D eigenvalue weighted by atomic mass is 10.2. The maximum atomic E-state index is 11.9. The van der Waals surface area contributed by atoms with E-state index in [1.54, 1.807) is 10.7 Å². The zero-order valence-corrected chi connectivity index (χ0v) is 12.1. The number of hydrogen-bond donors (Lipinski definition) is 1. The Morgan fingerprint density at radius 2 is 2.25 bits per heavy atom. The molecule has 0 aromatic carbocycles. The molecule has 7 heteroatoms. The molecule has 2 rings (SSSR count). The number of amides is 1. The van der Waals surface area contributed by atoms with Gasteiger partial charge in [0.05, 0.1) is 24.2 Å². The molecule has 0 saturated heterocycles. The standard InChI is InChI=1S/C13H18N4O3/c1-8-13(9(2)17(3)15-8)14-11(18)6-5-10-7-12(19-4)16-20-10/h7H,5-6H2,1-4H3,(H,14,18). The molecule has 0 spiro atoms. The van der Waals surface area contributed by atoms with Crippen molar-refractivity contribution in [3.05, 3.63) is 23.2 Å². The summed E-state index contributed by atoms with van der Waals surface area (Å²) in [6, 6.07) is 1.67. The maximum absolute atomic E-state index is 11.9. The van der Waals surface area contributed by atoms with E-state index in [0.717, 1.165) is 17.1 Å². The topological polar surface area (TPSA) is 82.2 Å². The van der Waals surface area contributed by atoms with E-state index < -0.39 is 0 Å². The number of aromatic nitrogens is 3. The summed E-state index contributed by atoms with van der Waals surface area (Å²) in [6.07, 6.45) is 0.784. The minimum atomic E-state index is -0.0837. The minimum absolute atomic E-state index is 0.0837. The van der Waals surface area contributed by atoms with Crippen molar-refractivity contribution in [2.45, 2.75) is 26.7 Å². The van der Waals surface area contributed by atoms with Crippen LogP contribution in [0.4, 0.5) is 5.69 Å². The average Bonchev–Trinajstić information content (AvgIpc) is 2.97. The fraction of sp³-hybridized carbons (Fsp3) is 0.462. The summed E-state index contributed by atoms with van der Waals surface area (Å²) in [5, 5.41) is 10.8. The Balaban J connectivity index is 1.92. The quantitative estimate of drug-likeness (QED) is 0.898. The summed E-state index contributed by atoms with van der Waals surface area (Å²) in [5.74, 6) is 0.954. The highest BCUT2D eigenvalue weighted by Crippen LogP contribution is 2.19. The summed E-state index contributed by atoms with van der Waals surface area (Å²) in [6.45, 7) is 3.78. The number of nitrogens with one attached hydrogen (secondary N) is 1. The minimum Gasteiger partial charge on any atom is -0.479 e. The van der Waals surface area contributed by atoms with E-state index in [4.69, 9.17) is 9.26 Å². The van der Waals surface area contributed by atoms with E-state index in [1.807, 2.05) is 20.9 Å². The number of anilines is 1. The van der Waals surface area contributed by atoms with E-state index in [2.05, 4.69) is 15.6 Å². The monoisotopic (exact) mass is 278 g/mol. The third-order valence-corrected chi connectivity index (χ3v) is 3.12. The molecule has 20 heavy (non-hydrogen) atoms. The van der Waals surface area contributed by atoms with Gasteiger partial charge in [0.2, 0.25) is 5.91 Å². The molecule has 0 bridgehead atoms. The van der Waals surface area contributed by atoms with Gasteiger partial charge in [0.25, 0.3) is 5.88 Å². The average molecular weight is 278 g/mol. The second-order valence-electron chi connectivity index (χ2n) is 4.55. The second kappa shape index (κ2) is 5.77. The van der Waals surface area contributed by atoms with Crippen molar-refractivity contribution in [2.75, 3.05) is 12.4 Å². The van der Waals surface area contributed by atoms with E-state index in [0.29, 0.717) is 24.5 Å². The lowest BCUT2D eigenvalue weighted by Crippen LogP contribution is -2.13. The summed E-state index contributed by atoms with van der Waals surface area (Å²) in [5.41, 5.74) is 2.50. The molecule has 0 aliphatic rings. The van der Waals surface area contributed by atoms with E-state index >= 15 is 0 Å². The number of methoxy groups -OCH3 is 1. The number of hydrogen-bond acceptors (Lipinski definition) is 5. The van der Waals surface area contributed by atoms with Gasteiger partial charge in [-0.15, -0.1) is 0 Å². The molecular weight excluding hydrogens is 260 g/mol. The van der Waals surface area contributed by atoms with Crippen LogP contribution in [0.2, 0.25) is 0 Å². The highest BCUT2D eigenvalue weighted by atomic mass is 16.5. The molecule has 0 radical (unpaired) electrons. The zero-order valence-electron chi connectivity index (χ0n) is 12.1. The molecule has 0 fully saturated rings. The van der Waals surface area contributed by atoms with Crippen molar-refractivity contribution >= 4 is 11.6 Å². The molecule has 2 aromatic rings. The normalized spacial score (nSPS) is 10.6. The first kappa shape index (κ1) is 14.1. The molecule has 0 aliphatic heterocycles. The first-order valence-electron chi connectivity index (χ1n) is 6.31. The van der Waals surface area contributed by atoms with E-state index in [1.165, 1.54) is 7.11 Å². The Morgan fingerprint density at radius 3 is 2.80 bits per heavy atom. The van der Waals surface area contributed by atoms with Crippen LogP contribution in [0.25, 0.3) is 0 Å². The lowest BCUT2D eigenvalue weighted by molar-refractivity contribution is -0.116. The smallest absolute Gasteiger partial charge is 0.254 e. The highest BCUT2D eigenvalue weighted by molar-refractivity contribution is 5.91. The fourth-order valence-electron chi connectivity index (χ4n) is 1.90. The van der Waals surface area contributed by atoms with Crippen LogP contribution in [-0.2, 0) is 18.3 Å². The van der Waals surface area contributed by atoms with Crippen LogP contribution in [0, 0.1) is 13.8 Å². The van der Waals surface area contributed by atoms with Crippen molar-refractivity contribution in [3.8, 4) is 5.88 Å². The van der Waals surface area contributed by atoms with Gasteiger partial charge in [-0.05, 0) is 19.0 Å². The third-order valence-electron chi connectivity index (χ3n) is 3.12. The van der Waals surface area contributed by atoms with Crippen molar-refractivity contribution in [1.82, 2.24) is 14.9 Å². The third kappa shape index (κ3) is 2.98. The van der Waals surface area contributed by atoms with E-state index in [9.17, 15) is 4.79 Å². The molecule has 0 unspecified atom stereocenters. The van der Waals surface area contributed by atoms with Crippen LogP contribution < -0.4 is 10.1 Å². The van der Waals surface area contributed by atoms with Crippen LogP contribution >= 0.6 is 0 Å². The lowest BCUT2D eigenvalue weighted by Gasteiger charge is -2.04. The summed E-state index contributed by atoms with van der Waals surface area (Å²) < 4.78 is 11.7. The molecule has 2 aromatic heterocycles. The molecule has 2 heterocycles. The highest BCUT2D eigenvalue weighted by Gasteiger charge is 2.13. The Labute approximate surface area is 116 Å². The Hall–Kier alpha value is -2.31. The van der Waals surface area contributed by atoms with E-state index in [-0.39, 0.29) is 5.91 Å². The van der Waals surface area contributed by atoms with Crippen molar-refractivity contribution in [3.63, 3.8) is 0 Å². The number of rotatable bonds is 5. The predicted octanol–water partition coefficient (Wildman–Crippen LogP) is 1.60. The van der Waals surface area contributed by atoms with Crippen molar-refractivity contribution < 1.29 is 14.1 Å². The predicted molar refractivity (Wildman–Crippen MR) is 72.7 cm³/mol. The zero-order chi connectivity index (χ0) is 14.7. The number of carbonyl (C=O) groups is 1. The van der Waals surface area contributed by atoms with Gasteiger partial charge >= 0.3 is 0 Å². The Kier molecular flexibility index (Phi) is 4.07. The fourth-order valence-corrected chi connectivity index (χ4v) is 1.90. The van der Waals surface area contributed by atoms with Crippen LogP contribution in [0.3, 0.4) is 0 Å². The van der Waals surface area contributed by atoms with Crippen LogP contribution in [0.5, 0.6) is 5.88 Å². The van der Waals surface area contributed by atoms with Crippen molar-refractivity contribution in [2.24, 2.45) is 7.05 Å². The van der Waals surface area contributed by atoms with Gasteiger partial charge in [0, 0.05) is 26.0 Å². The van der Waals surface area contributed by atoms with Gasteiger partial charge in [0.15, 0.2) is 0 Å². The number of ether oxygens (including phenoxy) is 1. The van der Waals surface area contributed by atoms with Gasteiger partial charge in [-0.1, -0.05) is 0 Å². The van der Waals surface area contributed by atoms with Crippen LogP contribution in [-0.4, -0.2) is 28.0 Å². The number of aryl methyl sites for hydroxylation is 3. The molecule has 1 amide bonds. The first-order valence-corrected chi connectivity index (χ1v) is 6.31. The molecule has 0 atom stereocenters. The van der Waals surface area contributed by atoms with Gasteiger partial charge in [-0.3, -0.25) is 9.48 Å². The summed E-state index contributed by atoms with van der Waals surface area (Å²) in [7, 11) is 3.36. The van der Waals surface area contributed by atoms with Crippen molar-refractivity contribution in [1.29, 1.82) is 0 Å². The summed E-state index contributed by atoms with van der Waals surface area (Å²) >= 11 is 0. The largest absolute Gasteiger partial charge is 0.479 e. The number of nitrogens with zero attached hydrogens (tertiary/aromatic N) is 3. The Bertz CT molecular complexity index is 615. The van der Waals surface area contributed by atoms with Gasteiger partial charge in [-0.2, -0.15) is 5.10 Å².